The summed E-state index contributed by atoms with van der Waals surface area (Å²) in [5, 5.41) is 3.57. The van der Waals surface area contributed by atoms with Crippen molar-refractivity contribution in [2.24, 2.45) is 0 Å². The van der Waals surface area contributed by atoms with E-state index in [1.165, 1.54) is 37.2 Å². The zero-order valence-corrected chi connectivity index (χ0v) is 23.7. The number of unbranched alkanes of at least 4 members (excludes halogenated alkanes) is 1. The third kappa shape index (κ3) is 8.29. The minimum absolute atomic E-state index is 0.0478. The molecule has 1 atom stereocenters. The van der Waals surface area contributed by atoms with Crippen molar-refractivity contribution < 1.29 is 22.4 Å². The van der Waals surface area contributed by atoms with Gasteiger partial charge in [0.25, 0.3) is 0 Å². The number of rotatable bonds is 13. The molecule has 0 saturated heterocycles. The van der Waals surface area contributed by atoms with Gasteiger partial charge in [0.1, 0.15) is 18.4 Å². The molecule has 0 spiro atoms. The van der Waals surface area contributed by atoms with Gasteiger partial charge in [-0.05, 0) is 54.8 Å². The van der Waals surface area contributed by atoms with Crippen molar-refractivity contribution >= 4 is 50.9 Å². The SMILES string of the molecule is CCCCNC(=O)C(CC)N(Cc1ccc(Cl)cc1Cl)C(=O)CN(c1ccc(F)cc1)S(=O)(=O)N(C)C. The number of halogens is 3. The lowest BCUT2D eigenvalue weighted by Gasteiger charge is -2.34. The van der Waals surface area contributed by atoms with Gasteiger partial charge in [0.05, 0.1) is 5.69 Å². The molecule has 0 aliphatic rings. The normalized spacial score (nSPS) is 12.3. The van der Waals surface area contributed by atoms with Crippen LogP contribution in [0, 0.1) is 5.82 Å². The molecule has 1 unspecified atom stereocenters. The monoisotopic (exact) mass is 574 g/mol. The highest BCUT2D eigenvalue weighted by Crippen LogP contribution is 2.25. The second-order valence-electron chi connectivity index (χ2n) is 8.60. The van der Waals surface area contributed by atoms with Crippen LogP contribution in [0.1, 0.15) is 38.7 Å². The molecule has 2 aromatic carbocycles. The molecule has 0 heterocycles. The van der Waals surface area contributed by atoms with Crippen LogP contribution in [0.2, 0.25) is 10.0 Å². The van der Waals surface area contributed by atoms with Crippen LogP contribution in [-0.4, -0.2) is 62.7 Å². The molecule has 8 nitrogen and oxygen atoms in total. The second kappa shape index (κ2) is 13.9. The zero-order valence-electron chi connectivity index (χ0n) is 21.4. The molecule has 0 fully saturated rings. The first-order chi connectivity index (χ1) is 17.4. The lowest BCUT2D eigenvalue weighted by Crippen LogP contribution is -2.53. The number of carbonyl (C=O) groups excluding carboxylic acids is 2. The number of hydrogen-bond acceptors (Lipinski definition) is 4. The Balaban J connectivity index is 2.49. The van der Waals surface area contributed by atoms with Gasteiger partial charge in [0.2, 0.25) is 11.8 Å². The number of anilines is 1. The summed E-state index contributed by atoms with van der Waals surface area (Å²) in [5.74, 6) is -1.53. The van der Waals surface area contributed by atoms with Crippen LogP contribution in [-0.2, 0) is 26.3 Å². The van der Waals surface area contributed by atoms with E-state index in [0.717, 1.165) is 33.6 Å². The average Bonchev–Trinajstić information content (AvgIpc) is 2.84. The van der Waals surface area contributed by atoms with Crippen molar-refractivity contribution in [3.05, 3.63) is 63.9 Å². The van der Waals surface area contributed by atoms with E-state index >= 15 is 0 Å². The maximum atomic E-state index is 13.8. The number of nitrogens with one attached hydrogen (secondary N) is 1. The molecule has 37 heavy (non-hydrogen) atoms. The van der Waals surface area contributed by atoms with E-state index in [-0.39, 0.29) is 24.6 Å². The first-order valence-electron chi connectivity index (χ1n) is 11.9. The number of nitrogens with zero attached hydrogens (tertiary/aromatic N) is 3. The Morgan fingerprint density at radius 2 is 1.70 bits per heavy atom. The summed E-state index contributed by atoms with van der Waals surface area (Å²) < 4.78 is 41.7. The predicted octanol–water partition coefficient (Wildman–Crippen LogP) is 4.47. The van der Waals surface area contributed by atoms with Gasteiger partial charge in [-0.25, -0.2) is 8.70 Å². The molecular formula is C25H33Cl2FN4O4S. The van der Waals surface area contributed by atoms with E-state index in [1.807, 2.05) is 6.92 Å². The Bertz CT molecular complexity index is 1180. The molecule has 2 amide bonds. The summed E-state index contributed by atoms with van der Waals surface area (Å²) in [6.07, 6.45) is 1.94. The predicted molar refractivity (Wildman–Crippen MR) is 145 cm³/mol. The quantitative estimate of drug-likeness (QED) is 0.357. The van der Waals surface area contributed by atoms with Gasteiger partial charge in [0.15, 0.2) is 0 Å². The molecule has 0 aromatic heterocycles. The number of hydrogen-bond donors (Lipinski definition) is 1. The Hall–Kier alpha value is -2.40. The fourth-order valence-corrected chi connectivity index (χ4v) is 5.11. The number of carbonyl (C=O) groups is 2. The van der Waals surface area contributed by atoms with Gasteiger partial charge in [-0.15, -0.1) is 0 Å². The van der Waals surface area contributed by atoms with Crippen molar-refractivity contribution in [3.63, 3.8) is 0 Å². The van der Waals surface area contributed by atoms with Crippen LogP contribution >= 0.6 is 23.2 Å². The maximum absolute atomic E-state index is 13.8. The lowest BCUT2D eigenvalue weighted by atomic mass is 10.1. The molecule has 0 radical (unpaired) electrons. The summed E-state index contributed by atoms with van der Waals surface area (Å²) in [5.41, 5.74) is 0.649. The van der Waals surface area contributed by atoms with E-state index in [2.05, 4.69) is 5.32 Å². The largest absolute Gasteiger partial charge is 0.354 e. The van der Waals surface area contributed by atoms with Crippen molar-refractivity contribution in [2.45, 2.75) is 45.7 Å². The first-order valence-corrected chi connectivity index (χ1v) is 14.0. The highest BCUT2D eigenvalue weighted by atomic mass is 35.5. The van der Waals surface area contributed by atoms with Gasteiger partial charge in [0, 0.05) is 37.2 Å². The van der Waals surface area contributed by atoms with Crippen LogP contribution < -0.4 is 9.62 Å². The van der Waals surface area contributed by atoms with Gasteiger partial charge >= 0.3 is 10.2 Å². The van der Waals surface area contributed by atoms with E-state index in [1.54, 1.807) is 19.1 Å². The smallest absolute Gasteiger partial charge is 0.304 e. The van der Waals surface area contributed by atoms with Gasteiger partial charge in [-0.3, -0.25) is 9.59 Å². The fourth-order valence-electron chi connectivity index (χ4n) is 3.58. The highest BCUT2D eigenvalue weighted by molar-refractivity contribution is 7.90. The van der Waals surface area contributed by atoms with Crippen LogP contribution in [0.25, 0.3) is 0 Å². The Labute approximate surface area is 228 Å². The third-order valence-electron chi connectivity index (χ3n) is 5.70. The van der Waals surface area contributed by atoms with E-state index in [9.17, 15) is 22.4 Å². The molecule has 0 aliphatic heterocycles. The highest BCUT2D eigenvalue weighted by Gasteiger charge is 2.34. The topological polar surface area (TPSA) is 90.0 Å². The van der Waals surface area contributed by atoms with Gasteiger partial charge in [-0.2, -0.15) is 12.7 Å². The van der Waals surface area contributed by atoms with E-state index in [0.29, 0.717) is 22.2 Å². The maximum Gasteiger partial charge on any atom is 0.304 e. The fraction of sp³-hybridized carbons (Fsp3) is 0.440. The number of amides is 2. The minimum atomic E-state index is -4.14. The first kappa shape index (κ1) is 30.8. The van der Waals surface area contributed by atoms with Crippen LogP contribution in [0.4, 0.5) is 10.1 Å². The molecule has 0 aliphatic carbocycles. The van der Waals surface area contributed by atoms with Crippen molar-refractivity contribution in [3.8, 4) is 0 Å². The summed E-state index contributed by atoms with van der Waals surface area (Å²) in [6.45, 7) is 3.55. The van der Waals surface area contributed by atoms with E-state index in [4.69, 9.17) is 23.2 Å². The van der Waals surface area contributed by atoms with Crippen LogP contribution in [0.5, 0.6) is 0 Å². The standard InChI is InChI=1S/C25H33Cl2FN4O4S/c1-5-7-14-29-25(34)23(6-2)31(16-18-8-9-19(26)15-22(18)27)24(33)17-32(37(35,36)30(3)4)21-12-10-20(28)11-13-21/h8-13,15,23H,5-7,14,16-17H2,1-4H3,(H,29,34). The number of benzene rings is 2. The molecule has 204 valence electrons. The van der Waals surface area contributed by atoms with Gasteiger partial charge < -0.3 is 10.2 Å². The Morgan fingerprint density at radius 3 is 2.24 bits per heavy atom. The van der Waals surface area contributed by atoms with Crippen molar-refractivity contribution in [2.75, 3.05) is 31.5 Å². The molecule has 2 aromatic rings. The molecule has 0 bridgehead atoms. The third-order valence-corrected chi connectivity index (χ3v) is 8.11. The Morgan fingerprint density at radius 1 is 1.05 bits per heavy atom. The molecular weight excluding hydrogens is 542 g/mol. The van der Waals surface area contributed by atoms with Crippen LogP contribution in [0.15, 0.2) is 42.5 Å². The summed E-state index contributed by atoms with van der Waals surface area (Å²) in [6, 6.07) is 8.70. The molecule has 2 rings (SSSR count). The Kier molecular flexibility index (Phi) is 11.6. The van der Waals surface area contributed by atoms with Gasteiger partial charge in [-0.1, -0.05) is 49.5 Å². The minimum Gasteiger partial charge on any atom is -0.354 e. The van der Waals surface area contributed by atoms with Crippen molar-refractivity contribution in [1.29, 1.82) is 0 Å². The summed E-state index contributed by atoms with van der Waals surface area (Å²) >= 11 is 12.4. The van der Waals surface area contributed by atoms with Crippen LogP contribution in [0.3, 0.4) is 0 Å². The average molecular weight is 576 g/mol. The summed E-state index contributed by atoms with van der Waals surface area (Å²) in [4.78, 5) is 28.2. The summed E-state index contributed by atoms with van der Waals surface area (Å²) in [7, 11) is -1.48. The molecule has 12 heteroatoms. The molecule has 1 N–H and O–H groups in total. The van der Waals surface area contributed by atoms with E-state index < -0.39 is 34.5 Å². The lowest BCUT2D eigenvalue weighted by molar-refractivity contribution is -0.140. The molecule has 0 saturated carbocycles. The second-order valence-corrected chi connectivity index (χ2v) is 11.5. The zero-order chi connectivity index (χ0) is 27.8. The van der Waals surface area contributed by atoms with Crippen molar-refractivity contribution in [1.82, 2.24) is 14.5 Å².